The number of aromatic nitrogens is 2. The molecule has 132 valence electrons. The Bertz CT molecular complexity index is 977. The van der Waals surface area contributed by atoms with E-state index in [1.54, 1.807) is 0 Å². The fourth-order valence-corrected chi connectivity index (χ4v) is 3.35. The smallest absolute Gasteiger partial charge is 0.258 e. The first-order valence-corrected chi connectivity index (χ1v) is 8.80. The average molecular weight is 347 g/mol. The molecule has 0 bridgehead atoms. The van der Waals surface area contributed by atoms with Crippen LogP contribution in [0.15, 0.2) is 47.0 Å². The van der Waals surface area contributed by atoms with Crippen molar-refractivity contribution in [3.63, 3.8) is 0 Å². The van der Waals surface area contributed by atoms with E-state index in [1.165, 1.54) is 11.1 Å². The molecule has 1 aliphatic heterocycles. The molecule has 1 fully saturated rings. The van der Waals surface area contributed by atoms with E-state index in [1.807, 2.05) is 42.2 Å². The summed E-state index contributed by atoms with van der Waals surface area (Å²) in [5, 5.41) is 4.14. The van der Waals surface area contributed by atoms with Crippen molar-refractivity contribution >= 4 is 11.6 Å². The molecule has 4 rings (SSSR count). The molecule has 5 nitrogen and oxygen atoms in total. The van der Waals surface area contributed by atoms with E-state index in [-0.39, 0.29) is 11.8 Å². The lowest BCUT2D eigenvalue weighted by Crippen LogP contribution is -2.24. The van der Waals surface area contributed by atoms with Crippen molar-refractivity contribution in [3.8, 4) is 11.5 Å². The number of amides is 1. The fraction of sp³-hybridized carbons (Fsp3) is 0.286. The van der Waals surface area contributed by atoms with Crippen LogP contribution in [0.25, 0.3) is 11.5 Å². The second-order valence-electron chi connectivity index (χ2n) is 6.95. The quantitative estimate of drug-likeness (QED) is 0.713. The zero-order valence-electron chi connectivity index (χ0n) is 15.2. The van der Waals surface area contributed by atoms with Gasteiger partial charge in [0.25, 0.3) is 5.89 Å². The summed E-state index contributed by atoms with van der Waals surface area (Å²) in [4.78, 5) is 18.9. The minimum absolute atomic E-state index is 0.0503. The molecule has 1 aromatic heterocycles. The van der Waals surface area contributed by atoms with Crippen LogP contribution in [-0.4, -0.2) is 22.6 Å². The predicted octanol–water partition coefficient (Wildman–Crippen LogP) is 4.18. The molecule has 1 unspecified atom stereocenters. The Labute approximate surface area is 152 Å². The maximum Gasteiger partial charge on any atom is 0.258 e. The number of hydrogen-bond acceptors (Lipinski definition) is 4. The Morgan fingerprint density at radius 2 is 1.85 bits per heavy atom. The van der Waals surface area contributed by atoms with Crippen molar-refractivity contribution in [2.45, 2.75) is 33.1 Å². The van der Waals surface area contributed by atoms with E-state index in [9.17, 15) is 4.79 Å². The maximum atomic E-state index is 12.5. The number of carbonyl (C=O) groups is 1. The molecule has 0 saturated carbocycles. The van der Waals surface area contributed by atoms with Crippen molar-refractivity contribution in [2.75, 3.05) is 11.4 Å². The molecule has 1 aliphatic rings. The van der Waals surface area contributed by atoms with E-state index in [0.717, 1.165) is 16.8 Å². The van der Waals surface area contributed by atoms with Crippen LogP contribution in [0.5, 0.6) is 0 Å². The van der Waals surface area contributed by atoms with Gasteiger partial charge in [-0.2, -0.15) is 4.98 Å². The summed E-state index contributed by atoms with van der Waals surface area (Å²) in [5.74, 6) is 1.16. The van der Waals surface area contributed by atoms with Gasteiger partial charge in [0.15, 0.2) is 5.82 Å². The largest absolute Gasteiger partial charge is 0.334 e. The van der Waals surface area contributed by atoms with Crippen molar-refractivity contribution in [1.29, 1.82) is 0 Å². The third kappa shape index (κ3) is 2.90. The third-order valence-electron chi connectivity index (χ3n) is 5.11. The van der Waals surface area contributed by atoms with Gasteiger partial charge in [0.05, 0.1) is 0 Å². The minimum atomic E-state index is -0.0503. The van der Waals surface area contributed by atoms with Crippen LogP contribution < -0.4 is 4.90 Å². The average Bonchev–Trinajstić information content (AvgIpc) is 3.25. The van der Waals surface area contributed by atoms with E-state index in [4.69, 9.17) is 4.52 Å². The Morgan fingerprint density at radius 1 is 1.04 bits per heavy atom. The van der Waals surface area contributed by atoms with Crippen molar-refractivity contribution in [3.05, 3.63) is 65.0 Å². The lowest BCUT2D eigenvalue weighted by Gasteiger charge is -2.17. The molecule has 5 heteroatoms. The molecule has 1 saturated heterocycles. The molecule has 0 radical (unpaired) electrons. The molecule has 0 N–H and O–H groups in total. The van der Waals surface area contributed by atoms with E-state index >= 15 is 0 Å². The van der Waals surface area contributed by atoms with Gasteiger partial charge in [0, 0.05) is 30.1 Å². The van der Waals surface area contributed by atoms with Crippen LogP contribution in [0.3, 0.4) is 0 Å². The highest BCUT2D eigenvalue weighted by atomic mass is 16.5. The first-order valence-electron chi connectivity index (χ1n) is 8.80. The topological polar surface area (TPSA) is 59.2 Å². The number of nitrogens with zero attached hydrogens (tertiary/aromatic N) is 3. The monoisotopic (exact) mass is 347 g/mol. The molecule has 1 amide bonds. The van der Waals surface area contributed by atoms with Crippen LogP contribution in [0.4, 0.5) is 5.69 Å². The van der Waals surface area contributed by atoms with Crippen molar-refractivity contribution in [1.82, 2.24) is 10.1 Å². The molecule has 2 aromatic carbocycles. The summed E-state index contributed by atoms with van der Waals surface area (Å²) in [6, 6.07) is 14.0. The number of benzene rings is 2. The number of rotatable bonds is 3. The zero-order chi connectivity index (χ0) is 18.3. The molecular weight excluding hydrogens is 326 g/mol. The standard InChI is InChI=1S/C21H21N3O2/c1-13-8-9-17(10-15(13)3)24-12-16(11-19(24)25)20-22-21(26-23-20)18-7-5-4-6-14(18)2/h4-10,16H,11-12H2,1-3H3. The van der Waals surface area contributed by atoms with Gasteiger partial charge in [0.1, 0.15) is 0 Å². The van der Waals surface area contributed by atoms with Gasteiger partial charge in [-0.15, -0.1) is 0 Å². The second kappa shape index (κ2) is 6.41. The maximum absolute atomic E-state index is 12.5. The van der Waals surface area contributed by atoms with Gasteiger partial charge in [-0.3, -0.25) is 4.79 Å². The highest BCUT2D eigenvalue weighted by Crippen LogP contribution is 2.32. The lowest BCUT2D eigenvalue weighted by atomic mass is 10.1. The summed E-state index contributed by atoms with van der Waals surface area (Å²) in [6.07, 6.45) is 0.402. The van der Waals surface area contributed by atoms with Gasteiger partial charge < -0.3 is 9.42 Å². The summed E-state index contributed by atoms with van der Waals surface area (Å²) in [5.41, 5.74) is 5.35. The van der Waals surface area contributed by atoms with Crippen LogP contribution >= 0.6 is 0 Å². The van der Waals surface area contributed by atoms with Gasteiger partial charge in [-0.25, -0.2) is 0 Å². The first-order chi connectivity index (χ1) is 12.5. The molecular formula is C21H21N3O2. The van der Waals surface area contributed by atoms with Crippen LogP contribution in [0, 0.1) is 20.8 Å². The molecule has 0 spiro atoms. The molecule has 2 heterocycles. The Balaban J connectivity index is 1.58. The predicted molar refractivity (Wildman–Crippen MR) is 100 cm³/mol. The van der Waals surface area contributed by atoms with Gasteiger partial charge in [-0.1, -0.05) is 29.4 Å². The fourth-order valence-electron chi connectivity index (χ4n) is 3.35. The molecule has 3 aromatic rings. The Kier molecular flexibility index (Phi) is 4.07. The summed E-state index contributed by atoms with van der Waals surface area (Å²) in [6.45, 7) is 6.72. The summed E-state index contributed by atoms with van der Waals surface area (Å²) in [7, 11) is 0. The minimum Gasteiger partial charge on any atom is -0.334 e. The van der Waals surface area contributed by atoms with Crippen LogP contribution in [0.1, 0.15) is 34.9 Å². The van der Waals surface area contributed by atoms with E-state index in [0.29, 0.717) is 24.7 Å². The molecule has 0 aliphatic carbocycles. The second-order valence-corrected chi connectivity index (χ2v) is 6.95. The Hall–Kier alpha value is -2.95. The highest BCUT2D eigenvalue weighted by Gasteiger charge is 2.34. The number of hydrogen-bond donors (Lipinski definition) is 0. The van der Waals surface area contributed by atoms with Crippen LogP contribution in [-0.2, 0) is 4.79 Å². The zero-order valence-corrected chi connectivity index (χ0v) is 15.2. The Morgan fingerprint density at radius 3 is 2.62 bits per heavy atom. The normalized spacial score (nSPS) is 17.1. The van der Waals surface area contributed by atoms with Crippen molar-refractivity contribution in [2.24, 2.45) is 0 Å². The van der Waals surface area contributed by atoms with Gasteiger partial charge in [0.2, 0.25) is 5.91 Å². The van der Waals surface area contributed by atoms with Gasteiger partial charge in [-0.05, 0) is 55.7 Å². The van der Waals surface area contributed by atoms with Crippen molar-refractivity contribution < 1.29 is 9.32 Å². The summed E-state index contributed by atoms with van der Waals surface area (Å²) < 4.78 is 5.46. The third-order valence-corrected chi connectivity index (χ3v) is 5.11. The lowest BCUT2D eigenvalue weighted by molar-refractivity contribution is -0.117. The van der Waals surface area contributed by atoms with Crippen LogP contribution in [0.2, 0.25) is 0 Å². The number of carbonyl (C=O) groups excluding carboxylic acids is 1. The molecule has 26 heavy (non-hydrogen) atoms. The summed E-state index contributed by atoms with van der Waals surface area (Å²) >= 11 is 0. The molecule has 1 atom stereocenters. The van der Waals surface area contributed by atoms with E-state index < -0.39 is 0 Å². The number of aryl methyl sites for hydroxylation is 3. The number of anilines is 1. The first kappa shape index (κ1) is 16.5. The van der Waals surface area contributed by atoms with Gasteiger partial charge >= 0.3 is 0 Å². The highest BCUT2D eigenvalue weighted by molar-refractivity contribution is 5.96. The van der Waals surface area contributed by atoms with E-state index in [2.05, 4.69) is 36.1 Å². The SMILES string of the molecule is Cc1ccc(N2CC(c3noc(-c4ccccc4C)n3)CC2=O)cc1C.